The van der Waals surface area contributed by atoms with Crippen molar-refractivity contribution in [2.75, 3.05) is 13.1 Å². The Hall–Kier alpha value is -1.03. The second-order valence-corrected chi connectivity index (χ2v) is 4.95. The van der Waals surface area contributed by atoms with Gasteiger partial charge in [-0.25, -0.2) is 0 Å². The third-order valence-corrected chi connectivity index (χ3v) is 3.58. The van der Waals surface area contributed by atoms with Crippen molar-refractivity contribution in [3.05, 3.63) is 35.5 Å². The molecular formula is C14H16Cl2N2O. The van der Waals surface area contributed by atoms with Gasteiger partial charge in [-0.1, -0.05) is 11.6 Å². The quantitative estimate of drug-likeness (QED) is 0.922. The van der Waals surface area contributed by atoms with Crippen LogP contribution < -0.4 is 10.1 Å². The Balaban J connectivity index is 0.00000133. The molecule has 1 saturated heterocycles. The van der Waals surface area contributed by atoms with Gasteiger partial charge in [0.05, 0.1) is 10.5 Å². The first kappa shape index (κ1) is 14.4. The SMILES string of the molecule is Cl.Clc1ccnc2ccc(OC3CCNCC3)cc12. The Morgan fingerprint density at radius 3 is 2.79 bits per heavy atom. The lowest BCUT2D eigenvalue weighted by atomic mass is 10.1. The molecule has 2 heterocycles. The monoisotopic (exact) mass is 298 g/mol. The van der Waals surface area contributed by atoms with Crippen LogP contribution in [0, 0.1) is 0 Å². The summed E-state index contributed by atoms with van der Waals surface area (Å²) in [4.78, 5) is 4.28. The zero-order chi connectivity index (χ0) is 12.4. The van der Waals surface area contributed by atoms with Gasteiger partial charge >= 0.3 is 0 Å². The molecule has 0 unspecified atom stereocenters. The van der Waals surface area contributed by atoms with Crippen molar-refractivity contribution in [2.45, 2.75) is 18.9 Å². The molecule has 1 aliphatic heterocycles. The van der Waals surface area contributed by atoms with Gasteiger partial charge in [-0.05, 0) is 50.2 Å². The molecule has 0 aliphatic carbocycles. The van der Waals surface area contributed by atoms with Gasteiger partial charge < -0.3 is 10.1 Å². The highest BCUT2D eigenvalue weighted by atomic mass is 35.5. The molecule has 1 aliphatic rings. The highest BCUT2D eigenvalue weighted by Gasteiger charge is 2.14. The van der Waals surface area contributed by atoms with Gasteiger partial charge in [0.15, 0.2) is 0 Å². The first-order valence-corrected chi connectivity index (χ1v) is 6.62. The van der Waals surface area contributed by atoms with E-state index in [1.165, 1.54) is 0 Å². The number of benzene rings is 1. The van der Waals surface area contributed by atoms with Crippen LogP contribution in [0.25, 0.3) is 10.9 Å². The first-order chi connectivity index (χ1) is 8.83. The van der Waals surface area contributed by atoms with Gasteiger partial charge in [-0.3, -0.25) is 4.98 Å². The van der Waals surface area contributed by atoms with Crippen molar-refractivity contribution in [1.82, 2.24) is 10.3 Å². The van der Waals surface area contributed by atoms with E-state index in [0.717, 1.165) is 47.6 Å². The minimum absolute atomic E-state index is 0. The molecule has 0 amide bonds. The smallest absolute Gasteiger partial charge is 0.120 e. The molecule has 102 valence electrons. The molecule has 0 spiro atoms. The second-order valence-electron chi connectivity index (χ2n) is 4.54. The molecule has 1 aromatic carbocycles. The highest BCUT2D eigenvalue weighted by molar-refractivity contribution is 6.35. The molecule has 0 saturated carbocycles. The van der Waals surface area contributed by atoms with E-state index in [-0.39, 0.29) is 12.4 Å². The Morgan fingerprint density at radius 1 is 1.21 bits per heavy atom. The fourth-order valence-corrected chi connectivity index (χ4v) is 2.48. The standard InChI is InChI=1S/C14H15ClN2O.ClH/c15-13-5-8-17-14-2-1-11(9-12(13)14)18-10-3-6-16-7-4-10;/h1-2,5,8-10,16H,3-4,6-7H2;1H. The number of hydrogen-bond donors (Lipinski definition) is 1. The van der Waals surface area contributed by atoms with E-state index in [9.17, 15) is 0 Å². The summed E-state index contributed by atoms with van der Waals surface area (Å²) in [5, 5.41) is 5.00. The fourth-order valence-electron chi connectivity index (χ4n) is 2.27. The van der Waals surface area contributed by atoms with Gasteiger partial charge in [0.2, 0.25) is 0 Å². The molecule has 1 N–H and O–H groups in total. The maximum absolute atomic E-state index is 6.17. The fraction of sp³-hybridized carbons (Fsp3) is 0.357. The number of nitrogens with zero attached hydrogens (tertiary/aromatic N) is 1. The summed E-state index contributed by atoms with van der Waals surface area (Å²) in [5.41, 5.74) is 0.903. The Kier molecular flexibility index (Phi) is 4.86. The molecule has 2 aromatic rings. The zero-order valence-electron chi connectivity index (χ0n) is 10.4. The molecule has 1 fully saturated rings. The predicted molar refractivity (Wildman–Crippen MR) is 80.5 cm³/mol. The third-order valence-electron chi connectivity index (χ3n) is 3.25. The van der Waals surface area contributed by atoms with Gasteiger partial charge in [0, 0.05) is 11.6 Å². The Morgan fingerprint density at radius 2 is 2.00 bits per heavy atom. The number of hydrogen-bond acceptors (Lipinski definition) is 3. The van der Waals surface area contributed by atoms with Crippen LogP contribution in [0.3, 0.4) is 0 Å². The minimum atomic E-state index is 0. The zero-order valence-corrected chi connectivity index (χ0v) is 12.0. The summed E-state index contributed by atoms with van der Waals surface area (Å²) in [7, 11) is 0. The lowest BCUT2D eigenvalue weighted by molar-refractivity contribution is 0.162. The number of fused-ring (bicyclic) bond motifs is 1. The summed E-state index contributed by atoms with van der Waals surface area (Å²) >= 11 is 6.17. The second kappa shape index (κ2) is 6.42. The topological polar surface area (TPSA) is 34.1 Å². The van der Waals surface area contributed by atoms with Crippen LogP contribution in [0.5, 0.6) is 5.75 Å². The highest BCUT2D eigenvalue weighted by Crippen LogP contribution is 2.27. The Bertz CT molecular complexity index is 556. The number of rotatable bonds is 2. The van der Waals surface area contributed by atoms with E-state index >= 15 is 0 Å². The van der Waals surface area contributed by atoms with Crippen LogP contribution >= 0.6 is 24.0 Å². The molecule has 5 heteroatoms. The van der Waals surface area contributed by atoms with E-state index in [1.54, 1.807) is 12.3 Å². The van der Waals surface area contributed by atoms with Crippen molar-refractivity contribution >= 4 is 34.9 Å². The average molecular weight is 299 g/mol. The largest absolute Gasteiger partial charge is 0.490 e. The molecule has 19 heavy (non-hydrogen) atoms. The van der Waals surface area contributed by atoms with Crippen molar-refractivity contribution in [2.24, 2.45) is 0 Å². The van der Waals surface area contributed by atoms with Crippen molar-refractivity contribution < 1.29 is 4.74 Å². The lowest BCUT2D eigenvalue weighted by Crippen LogP contribution is -2.34. The van der Waals surface area contributed by atoms with Crippen molar-refractivity contribution in [1.29, 1.82) is 0 Å². The molecular weight excluding hydrogens is 283 g/mol. The number of halogens is 2. The summed E-state index contributed by atoms with van der Waals surface area (Å²) < 4.78 is 5.99. The molecule has 0 atom stereocenters. The van der Waals surface area contributed by atoms with E-state index in [4.69, 9.17) is 16.3 Å². The maximum atomic E-state index is 6.17. The summed E-state index contributed by atoms with van der Waals surface area (Å²) in [6.07, 6.45) is 4.13. The van der Waals surface area contributed by atoms with Gasteiger partial charge in [0.1, 0.15) is 11.9 Å². The van der Waals surface area contributed by atoms with E-state index in [1.807, 2.05) is 18.2 Å². The number of aromatic nitrogens is 1. The van der Waals surface area contributed by atoms with E-state index < -0.39 is 0 Å². The van der Waals surface area contributed by atoms with Crippen LogP contribution in [0.1, 0.15) is 12.8 Å². The number of ether oxygens (including phenoxy) is 1. The number of pyridine rings is 1. The molecule has 3 nitrogen and oxygen atoms in total. The molecule has 3 rings (SSSR count). The molecule has 0 bridgehead atoms. The van der Waals surface area contributed by atoms with Crippen molar-refractivity contribution in [3.63, 3.8) is 0 Å². The summed E-state index contributed by atoms with van der Waals surface area (Å²) in [6, 6.07) is 7.70. The van der Waals surface area contributed by atoms with Crippen LogP contribution in [-0.2, 0) is 0 Å². The van der Waals surface area contributed by atoms with Gasteiger partial charge in [-0.15, -0.1) is 12.4 Å². The van der Waals surface area contributed by atoms with E-state index in [2.05, 4.69) is 10.3 Å². The normalized spacial score (nSPS) is 16.1. The predicted octanol–water partition coefficient (Wildman–Crippen LogP) is 3.44. The molecule has 0 radical (unpaired) electrons. The van der Waals surface area contributed by atoms with Gasteiger partial charge in [0.25, 0.3) is 0 Å². The van der Waals surface area contributed by atoms with Crippen LogP contribution in [0.4, 0.5) is 0 Å². The lowest BCUT2D eigenvalue weighted by Gasteiger charge is -2.23. The maximum Gasteiger partial charge on any atom is 0.120 e. The third kappa shape index (κ3) is 3.30. The number of nitrogens with one attached hydrogen (secondary N) is 1. The van der Waals surface area contributed by atoms with E-state index in [0.29, 0.717) is 6.10 Å². The van der Waals surface area contributed by atoms with Crippen LogP contribution in [-0.4, -0.2) is 24.2 Å². The van der Waals surface area contributed by atoms with Crippen LogP contribution in [0.2, 0.25) is 5.02 Å². The van der Waals surface area contributed by atoms with Gasteiger partial charge in [-0.2, -0.15) is 0 Å². The van der Waals surface area contributed by atoms with Crippen LogP contribution in [0.15, 0.2) is 30.5 Å². The summed E-state index contributed by atoms with van der Waals surface area (Å²) in [5.74, 6) is 0.879. The molecule has 1 aromatic heterocycles. The number of piperidine rings is 1. The summed E-state index contributed by atoms with van der Waals surface area (Å²) in [6.45, 7) is 2.06. The minimum Gasteiger partial charge on any atom is -0.490 e. The Labute approximate surface area is 123 Å². The average Bonchev–Trinajstić information content (AvgIpc) is 2.41. The first-order valence-electron chi connectivity index (χ1n) is 6.24. The van der Waals surface area contributed by atoms with Crippen molar-refractivity contribution in [3.8, 4) is 5.75 Å².